The van der Waals surface area contributed by atoms with Crippen molar-refractivity contribution in [1.29, 1.82) is 0 Å². The first kappa shape index (κ1) is 14.3. The monoisotopic (exact) mass is 243 g/mol. The van der Waals surface area contributed by atoms with E-state index in [-0.39, 0.29) is 5.41 Å². The highest BCUT2D eigenvalue weighted by atomic mass is 16.5. The van der Waals surface area contributed by atoms with Gasteiger partial charge in [0.15, 0.2) is 0 Å². The number of amidine groups is 1. The summed E-state index contributed by atoms with van der Waals surface area (Å²) in [6.07, 6.45) is 2.25. The molecule has 5 nitrogen and oxygen atoms in total. The van der Waals surface area contributed by atoms with Gasteiger partial charge in [-0.05, 0) is 33.4 Å². The third kappa shape index (κ3) is 3.57. The van der Waals surface area contributed by atoms with Gasteiger partial charge in [-0.25, -0.2) is 0 Å². The van der Waals surface area contributed by atoms with Crippen LogP contribution in [0.2, 0.25) is 0 Å². The maximum atomic E-state index is 8.72. The topological polar surface area (TPSA) is 71.1 Å². The van der Waals surface area contributed by atoms with Crippen LogP contribution in [-0.4, -0.2) is 48.3 Å². The van der Waals surface area contributed by atoms with Crippen LogP contribution >= 0.6 is 0 Å². The molecule has 1 saturated heterocycles. The second kappa shape index (κ2) is 5.69. The maximum absolute atomic E-state index is 8.72. The lowest BCUT2D eigenvalue weighted by Crippen LogP contribution is -2.41. The van der Waals surface area contributed by atoms with Crippen molar-refractivity contribution in [1.82, 2.24) is 4.90 Å². The fourth-order valence-corrected chi connectivity index (χ4v) is 2.18. The van der Waals surface area contributed by atoms with Gasteiger partial charge in [-0.2, -0.15) is 0 Å². The van der Waals surface area contributed by atoms with E-state index in [1.54, 1.807) is 0 Å². The van der Waals surface area contributed by atoms with Gasteiger partial charge in [0.05, 0.1) is 6.10 Å². The molecule has 100 valence electrons. The number of oxime groups is 1. The zero-order chi connectivity index (χ0) is 13.1. The summed E-state index contributed by atoms with van der Waals surface area (Å²) in [6, 6.07) is 0.484. The molecule has 1 aliphatic heterocycles. The molecule has 1 rings (SSSR count). The fraction of sp³-hybridized carbons (Fsp3) is 0.917. The van der Waals surface area contributed by atoms with Crippen LogP contribution in [0, 0.1) is 5.41 Å². The molecule has 0 aromatic carbocycles. The Kier molecular flexibility index (Phi) is 4.77. The van der Waals surface area contributed by atoms with Gasteiger partial charge >= 0.3 is 0 Å². The third-order valence-electron chi connectivity index (χ3n) is 3.79. The van der Waals surface area contributed by atoms with E-state index in [1.165, 1.54) is 0 Å². The van der Waals surface area contributed by atoms with E-state index >= 15 is 0 Å². The molecule has 0 aliphatic carbocycles. The van der Waals surface area contributed by atoms with Crippen LogP contribution in [0.15, 0.2) is 5.16 Å². The molecule has 0 aromatic heterocycles. The highest BCUT2D eigenvalue weighted by molar-refractivity contribution is 5.85. The Balaban J connectivity index is 2.45. The molecule has 2 unspecified atom stereocenters. The van der Waals surface area contributed by atoms with E-state index in [4.69, 9.17) is 15.7 Å². The zero-order valence-corrected chi connectivity index (χ0v) is 11.3. The molecule has 2 atom stereocenters. The van der Waals surface area contributed by atoms with Gasteiger partial charge in [0.25, 0.3) is 0 Å². The van der Waals surface area contributed by atoms with Crippen molar-refractivity contribution >= 4 is 5.84 Å². The molecule has 0 bridgehead atoms. The van der Waals surface area contributed by atoms with Crippen LogP contribution in [0.1, 0.15) is 33.6 Å². The van der Waals surface area contributed by atoms with Gasteiger partial charge in [0, 0.05) is 18.1 Å². The van der Waals surface area contributed by atoms with Crippen molar-refractivity contribution in [2.24, 2.45) is 16.3 Å². The Hall–Kier alpha value is -0.810. The van der Waals surface area contributed by atoms with Crippen molar-refractivity contribution in [2.75, 3.05) is 20.2 Å². The van der Waals surface area contributed by atoms with Gasteiger partial charge in [0.2, 0.25) is 0 Å². The Morgan fingerprint density at radius 3 is 2.71 bits per heavy atom. The first-order chi connectivity index (χ1) is 7.88. The van der Waals surface area contributed by atoms with Crippen LogP contribution in [-0.2, 0) is 4.74 Å². The fourth-order valence-electron chi connectivity index (χ4n) is 2.18. The predicted octanol–water partition coefficient (Wildman–Crippen LogP) is 1.26. The van der Waals surface area contributed by atoms with Crippen molar-refractivity contribution in [3.05, 3.63) is 0 Å². The molecule has 0 amide bonds. The van der Waals surface area contributed by atoms with Gasteiger partial charge < -0.3 is 20.6 Å². The van der Waals surface area contributed by atoms with Crippen LogP contribution in [0.3, 0.4) is 0 Å². The summed E-state index contributed by atoms with van der Waals surface area (Å²) in [4.78, 5) is 2.31. The van der Waals surface area contributed by atoms with Crippen LogP contribution < -0.4 is 5.73 Å². The number of nitrogens with zero attached hydrogens (tertiary/aromatic N) is 2. The highest BCUT2D eigenvalue weighted by Gasteiger charge is 2.30. The average Bonchev–Trinajstić information content (AvgIpc) is 2.71. The lowest BCUT2D eigenvalue weighted by atomic mass is 9.87. The minimum absolute atomic E-state index is 0.272. The first-order valence-electron chi connectivity index (χ1n) is 6.18. The van der Waals surface area contributed by atoms with Crippen molar-refractivity contribution in [3.63, 3.8) is 0 Å². The van der Waals surface area contributed by atoms with E-state index in [1.807, 2.05) is 13.8 Å². The Morgan fingerprint density at radius 1 is 1.59 bits per heavy atom. The van der Waals surface area contributed by atoms with Crippen LogP contribution in [0.4, 0.5) is 0 Å². The number of nitrogens with two attached hydrogens (primary N) is 1. The summed E-state index contributed by atoms with van der Waals surface area (Å²) < 4.78 is 5.56. The molecule has 1 fully saturated rings. The molecule has 0 radical (unpaired) electrons. The number of rotatable bonds is 5. The smallest absolute Gasteiger partial charge is 0.144 e. The third-order valence-corrected chi connectivity index (χ3v) is 3.79. The summed E-state index contributed by atoms with van der Waals surface area (Å²) in [6.45, 7) is 7.86. The van der Waals surface area contributed by atoms with Gasteiger partial charge in [-0.1, -0.05) is 19.0 Å². The van der Waals surface area contributed by atoms with Crippen molar-refractivity contribution < 1.29 is 9.94 Å². The van der Waals surface area contributed by atoms with E-state index in [9.17, 15) is 0 Å². The van der Waals surface area contributed by atoms with Crippen molar-refractivity contribution in [3.8, 4) is 0 Å². The molecular formula is C12H25N3O2. The normalized spacial score (nSPS) is 26.8. The molecule has 1 heterocycles. The van der Waals surface area contributed by atoms with Crippen LogP contribution in [0.25, 0.3) is 0 Å². The Labute approximate surface area is 104 Å². The minimum atomic E-state index is -0.272. The summed E-state index contributed by atoms with van der Waals surface area (Å²) in [7, 11) is 2.11. The molecule has 0 aromatic rings. The number of hydrogen-bond donors (Lipinski definition) is 2. The molecule has 5 heteroatoms. The van der Waals surface area contributed by atoms with E-state index in [0.29, 0.717) is 18.0 Å². The second-order valence-corrected chi connectivity index (χ2v) is 5.53. The SMILES string of the molecule is CC1OCCC1N(C)CCC(C)(C)C(N)=NO. The van der Waals surface area contributed by atoms with Gasteiger partial charge in [-0.3, -0.25) is 0 Å². The lowest BCUT2D eigenvalue weighted by molar-refractivity contribution is 0.0811. The Morgan fingerprint density at radius 2 is 2.24 bits per heavy atom. The number of hydrogen-bond acceptors (Lipinski definition) is 4. The van der Waals surface area contributed by atoms with Gasteiger partial charge in [0.1, 0.15) is 5.84 Å². The summed E-state index contributed by atoms with van der Waals surface area (Å²) in [5, 5.41) is 11.8. The molecule has 0 saturated carbocycles. The summed E-state index contributed by atoms with van der Waals surface area (Å²) in [5.74, 6) is 0.293. The van der Waals surface area contributed by atoms with Gasteiger partial charge in [-0.15, -0.1) is 0 Å². The molecule has 1 aliphatic rings. The molecule has 3 N–H and O–H groups in total. The summed E-state index contributed by atoms with van der Waals surface area (Å²) >= 11 is 0. The zero-order valence-electron chi connectivity index (χ0n) is 11.3. The van der Waals surface area contributed by atoms with E-state index in [2.05, 4.69) is 24.0 Å². The summed E-state index contributed by atoms with van der Waals surface area (Å²) in [5.41, 5.74) is 5.40. The van der Waals surface area contributed by atoms with E-state index < -0.39 is 0 Å². The predicted molar refractivity (Wildman–Crippen MR) is 68.3 cm³/mol. The van der Waals surface area contributed by atoms with Crippen molar-refractivity contribution in [2.45, 2.75) is 45.8 Å². The first-order valence-corrected chi connectivity index (χ1v) is 6.18. The largest absolute Gasteiger partial charge is 0.409 e. The quantitative estimate of drug-likeness (QED) is 0.330. The standard InChI is InChI=1S/C12H25N3O2/c1-9-10(5-8-17-9)15(4)7-6-12(2,3)11(13)14-16/h9-10,16H,5-8H2,1-4H3,(H2,13,14). The minimum Gasteiger partial charge on any atom is -0.409 e. The number of ether oxygens (including phenoxy) is 1. The Bertz CT molecular complexity index is 279. The molecule has 17 heavy (non-hydrogen) atoms. The highest BCUT2D eigenvalue weighted by Crippen LogP contribution is 2.23. The van der Waals surface area contributed by atoms with Crippen LogP contribution in [0.5, 0.6) is 0 Å². The maximum Gasteiger partial charge on any atom is 0.144 e. The second-order valence-electron chi connectivity index (χ2n) is 5.53. The number of likely N-dealkylation sites (N-methyl/N-ethyl adjacent to an activating group) is 1. The lowest BCUT2D eigenvalue weighted by Gasteiger charge is -2.30. The average molecular weight is 243 g/mol. The molecular weight excluding hydrogens is 218 g/mol. The molecule has 0 spiro atoms. The van der Waals surface area contributed by atoms with E-state index in [0.717, 1.165) is 26.0 Å².